The minimum Gasteiger partial charge on any atom is -0.488 e. The van der Waals surface area contributed by atoms with Gasteiger partial charge in [0.15, 0.2) is 0 Å². The monoisotopic (exact) mass is 395 g/mol. The molecule has 1 amide bonds. The SMILES string of the molecule is CCC1CN(C(=O)c2cccc(Cn3cccn3)c2)Cc2ccc(Cl)cc2O1. The van der Waals surface area contributed by atoms with Crippen LogP contribution in [0.5, 0.6) is 5.75 Å². The van der Waals surface area contributed by atoms with Crippen LogP contribution in [-0.2, 0) is 13.1 Å². The normalized spacial score (nSPS) is 16.2. The first-order valence-electron chi connectivity index (χ1n) is 9.43. The van der Waals surface area contributed by atoms with Crippen molar-refractivity contribution in [2.24, 2.45) is 0 Å². The molecule has 0 N–H and O–H groups in total. The van der Waals surface area contributed by atoms with E-state index in [9.17, 15) is 4.79 Å². The zero-order valence-corrected chi connectivity index (χ0v) is 16.5. The highest BCUT2D eigenvalue weighted by molar-refractivity contribution is 6.30. The first kappa shape index (κ1) is 18.6. The highest BCUT2D eigenvalue weighted by atomic mass is 35.5. The molecule has 0 radical (unpaired) electrons. The predicted octanol–water partition coefficient (Wildman–Crippen LogP) is 4.40. The molecule has 1 atom stereocenters. The second-order valence-corrected chi connectivity index (χ2v) is 7.43. The Morgan fingerprint density at radius 3 is 2.93 bits per heavy atom. The number of carbonyl (C=O) groups excluding carboxylic acids is 1. The highest BCUT2D eigenvalue weighted by Crippen LogP contribution is 2.29. The van der Waals surface area contributed by atoms with Crippen LogP contribution in [0.1, 0.15) is 34.8 Å². The van der Waals surface area contributed by atoms with Gasteiger partial charge in [0.2, 0.25) is 0 Å². The van der Waals surface area contributed by atoms with Gasteiger partial charge in [0.25, 0.3) is 5.91 Å². The van der Waals surface area contributed by atoms with Crippen molar-refractivity contribution in [3.05, 3.63) is 82.6 Å². The number of rotatable bonds is 4. The summed E-state index contributed by atoms with van der Waals surface area (Å²) in [5.41, 5.74) is 2.69. The number of benzene rings is 2. The van der Waals surface area contributed by atoms with Gasteiger partial charge in [-0.05, 0) is 42.3 Å². The molecule has 1 aromatic heterocycles. The second-order valence-electron chi connectivity index (χ2n) is 6.99. The zero-order chi connectivity index (χ0) is 19.5. The lowest BCUT2D eigenvalue weighted by molar-refractivity contribution is 0.0674. The van der Waals surface area contributed by atoms with Crippen molar-refractivity contribution in [1.29, 1.82) is 0 Å². The summed E-state index contributed by atoms with van der Waals surface area (Å²) in [6.07, 6.45) is 4.42. The number of ether oxygens (including phenoxy) is 1. The minimum absolute atomic E-state index is 0.00663. The van der Waals surface area contributed by atoms with Crippen LogP contribution in [0.25, 0.3) is 0 Å². The fourth-order valence-corrected chi connectivity index (χ4v) is 3.60. The average molecular weight is 396 g/mol. The molecule has 4 rings (SSSR count). The molecule has 0 fully saturated rings. The second kappa shape index (κ2) is 8.07. The Morgan fingerprint density at radius 1 is 1.25 bits per heavy atom. The van der Waals surface area contributed by atoms with E-state index in [4.69, 9.17) is 16.3 Å². The smallest absolute Gasteiger partial charge is 0.254 e. The first-order chi connectivity index (χ1) is 13.6. The number of fused-ring (bicyclic) bond motifs is 1. The Labute approximate surface area is 169 Å². The molecule has 3 aromatic rings. The van der Waals surface area contributed by atoms with E-state index in [1.165, 1.54) is 0 Å². The molecule has 1 unspecified atom stereocenters. The predicted molar refractivity (Wildman–Crippen MR) is 109 cm³/mol. The van der Waals surface area contributed by atoms with E-state index in [0.717, 1.165) is 23.3 Å². The molecule has 0 spiro atoms. The van der Waals surface area contributed by atoms with Crippen LogP contribution in [0.3, 0.4) is 0 Å². The molecule has 1 aliphatic rings. The Morgan fingerprint density at radius 2 is 2.14 bits per heavy atom. The molecule has 0 aliphatic carbocycles. The third-order valence-electron chi connectivity index (χ3n) is 4.93. The first-order valence-corrected chi connectivity index (χ1v) is 9.81. The summed E-state index contributed by atoms with van der Waals surface area (Å²) < 4.78 is 7.95. The van der Waals surface area contributed by atoms with Crippen LogP contribution < -0.4 is 4.74 Å². The summed E-state index contributed by atoms with van der Waals surface area (Å²) in [6.45, 7) is 3.75. The molecule has 6 heteroatoms. The summed E-state index contributed by atoms with van der Waals surface area (Å²) in [6, 6.07) is 15.2. The van der Waals surface area contributed by atoms with E-state index in [-0.39, 0.29) is 12.0 Å². The maximum atomic E-state index is 13.3. The van der Waals surface area contributed by atoms with Gasteiger partial charge < -0.3 is 9.64 Å². The summed E-state index contributed by atoms with van der Waals surface area (Å²) in [5, 5.41) is 4.87. The van der Waals surface area contributed by atoms with E-state index in [2.05, 4.69) is 12.0 Å². The fourth-order valence-electron chi connectivity index (χ4n) is 3.43. The maximum Gasteiger partial charge on any atom is 0.254 e. The number of nitrogens with zero attached hydrogens (tertiary/aromatic N) is 3. The van der Waals surface area contributed by atoms with Crippen molar-refractivity contribution in [1.82, 2.24) is 14.7 Å². The molecule has 144 valence electrons. The van der Waals surface area contributed by atoms with Crippen LogP contribution in [-0.4, -0.2) is 33.2 Å². The maximum absolute atomic E-state index is 13.3. The largest absolute Gasteiger partial charge is 0.488 e. The van der Waals surface area contributed by atoms with E-state index in [1.54, 1.807) is 6.20 Å². The molecule has 1 aliphatic heterocycles. The van der Waals surface area contributed by atoms with Gasteiger partial charge in [-0.2, -0.15) is 5.10 Å². The van der Waals surface area contributed by atoms with Crippen molar-refractivity contribution in [3.8, 4) is 5.75 Å². The molecular weight excluding hydrogens is 374 g/mol. The quantitative estimate of drug-likeness (QED) is 0.657. The fraction of sp³-hybridized carbons (Fsp3) is 0.273. The zero-order valence-electron chi connectivity index (χ0n) is 15.7. The Balaban J connectivity index is 1.59. The number of carbonyl (C=O) groups is 1. The highest BCUT2D eigenvalue weighted by Gasteiger charge is 2.26. The van der Waals surface area contributed by atoms with Crippen molar-refractivity contribution < 1.29 is 9.53 Å². The number of halogens is 1. The number of amides is 1. The summed E-state index contributed by atoms with van der Waals surface area (Å²) >= 11 is 6.12. The molecule has 5 nitrogen and oxygen atoms in total. The van der Waals surface area contributed by atoms with Gasteiger partial charge in [0.05, 0.1) is 13.1 Å². The van der Waals surface area contributed by atoms with Gasteiger partial charge in [-0.3, -0.25) is 9.48 Å². The van der Waals surface area contributed by atoms with E-state index < -0.39 is 0 Å². The number of hydrogen-bond donors (Lipinski definition) is 0. The Bertz CT molecular complexity index is 972. The molecule has 0 saturated carbocycles. The molecular formula is C22H22ClN3O2. The number of aromatic nitrogens is 2. The molecule has 28 heavy (non-hydrogen) atoms. The minimum atomic E-state index is -0.0593. The van der Waals surface area contributed by atoms with Crippen LogP contribution in [0.2, 0.25) is 5.02 Å². The van der Waals surface area contributed by atoms with Crippen molar-refractivity contribution in [2.45, 2.75) is 32.5 Å². The van der Waals surface area contributed by atoms with Crippen LogP contribution >= 0.6 is 11.6 Å². The van der Waals surface area contributed by atoms with Crippen molar-refractivity contribution in [3.63, 3.8) is 0 Å². The van der Waals surface area contributed by atoms with Gasteiger partial charge in [-0.25, -0.2) is 0 Å². The lowest BCUT2D eigenvalue weighted by atomic mass is 10.1. The van der Waals surface area contributed by atoms with Crippen molar-refractivity contribution in [2.75, 3.05) is 6.54 Å². The Kier molecular flexibility index (Phi) is 5.35. The van der Waals surface area contributed by atoms with E-state index in [0.29, 0.717) is 30.2 Å². The van der Waals surface area contributed by atoms with Crippen LogP contribution in [0, 0.1) is 0 Å². The van der Waals surface area contributed by atoms with Crippen molar-refractivity contribution >= 4 is 17.5 Å². The summed E-state index contributed by atoms with van der Waals surface area (Å²) in [7, 11) is 0. The van der Waals surface area contributed by atoms with Gasteiger partial charge in [-0.1, -0.05) is 36.7 Å². The lowest BCUT2D eigenvalue weighted by Crippen LogP contribution is -2.37. The van der Waals surface area contributed by atoms with Gasteiger partial charge >= 0.3 is 0 Å². The van der Waals surface area contributed by atoms with Crippen LogP contribution in [0.15, 0.2) is 60.9 Å². The third kappa shape index (κ3) is 4.04. The van der Waals surface area contributed by atoms with Gasteiger partial charge in [-0.15, -0.1) is 0 Å². The Hall–Kier alpha value is -2.79. The van der Waals surface area contributed by atoms with Gasteiger partial charge in [0.1, 0.15) is 11.9 Å². The molecule has 0 saturated heterocycles. The topological polar surface area (TPSA) is 47.4 Å². The molecule has 0 bridgehead atoms. The van der Waals surface area contributed by atoms with E-state index in [1.807, 2.05) is 64.3 Å². The number of hydrogen-bond acceptors (Lipinski definition) is 3. The summed E-state index contributed by atoms with van der Waals surface area (Å²) in [5.74, 6) is 0.772. The molecule has 2 aromatic carbocycles. The van der Waals surface area contributed by atoms with Crippen LogP contribution in [0.4, 0.5) is 0 Å². The van der Waals surface area contributed by atoms with Gasteiger partial charge in [0, 0.05) is 35.1 Å². The standard InChI is InChI=1S/C22H22ClN3O2/c1-2-20-15-25(14-18-7-8-19(23)12-21(18)28-20)22(27)17-6-3-5-16(11-17)13-26-10-4-9-24-26/h3-12,20H,2,13-15H2,1H3. The molecule has 2 heterocycles. The third-order valence-corrected chi connectivity index (χ3v) is 5.16. The lowest BCUT2D eigenvalue weighted by Gasteiger charge is -2.23. The summed E-state index contributed by atoms with van der Waals surface area (Å²) in [4.78, 5) is 15.1. The average Bonchev–Trinajstić information content (AvgIpc) is 3.13. The van der Waals surface area contributed by atoms with E-state index >= 15 is 0 Å².